The van der Waals surface area contributed by atoms with E-state index in [0.717, 1.165) is 31.7 Å². The predicted molar refractivity (Wildman–Crippen MR) is 62.1 cm³/mol. The van der Waals surface area contributed by atoms with Gasteiger partial charge in [-0.25, -0.2) is 0 Å². The van der Waals surface area contributed by atoms with Crippen LogP contribution in [0.2, 0.25) is 0 Å². The van der Waals surface area contributed by atoms with E-state index >= 15 is 0 Å². The molecule has 2 aliphatic rings. The number of ether oxygens (including phenoxy) is 1. The van der Waals surface area contributed by atoms with E-state index in [-0.39, 0.29) is 0 Å². The van der Waals surface area contributed by atoms with Gasteiger partial charge >= 0.3 is 0 Å². The summed E-state index contributed by atoms with van der Waals surface area (Å²) in [6.07, 6.45) is 3.88. The van der Waals surface area contributed by atoms with Crippen LogP contribution in [0.3, 0.4) is 0 Å². The SMILES string of the molecule is CCC1CNCCN1CCC1CCOC1. The Morgan fingerprint density at radius 2 is 2.40 bits per heavy atom. The number of piperazine rings is 1. The van der Waals surface area contributed by atoms with Crippen molar-refractivity contribution in [1.82, 2.24) is 10.2 Å². The monoisotopic (exact) mass is 212 g/mol. The van der Waals surface area contributed by atoms with Gasteiger partial charge in [0.2, 0.25) is 0 Å². The van der Waals surface area contributed by atoms with Gasteiger partial charge in [-0.05, 0) is 31.7 Å². The maximum atomic E-state index is 5.42. The smallest absolute Gasteiger partial charge is 0.0495 e. The maximum Gasteiger partial charge on any atom is 0.0495 e. The second kappa shape index (κ2) is 5.83. The van der Waals surface area contributed by atoms with Crippen molar-refractivity contribution in [2.75, 3.05) is 39.4 Å². The Balaban J connectivity index is 1.71. The molecule has 0 spiro atoms. The Morgan fingerprint density at radius 3 is 3.13 bits per heavy atom. The normalized spacial score (nSPS) is 33.4. The molecule has 1 N–H and O–H groups in total. The zero-order chi connectivity index (χ0) is 10.5. The first kappa shape index (κ1) is 11.4. The minimum atomic E-state index is 0.765. The van der Waals surface area contributed by atoms with Crippen molar-refractivity contribution in [3.63, 3.8) is 0 Å². The molecule has 0 saturated carbocycles. The number of hydrogen-bond acceptors (Lipinski definition) is 3. The second-order valence-corrected chi connectivity index (χ2v) is 4.82. The Kier molecular flexibility index (Phi) is 4.42. The third-order valence-corrected chi connectivity index (χ3v) is 3.79. The zero-order valence-electron chi connectivity index (χ0n) is 9.87. The Morgan fingerprint density at radius 1 is 1.47 bits per heavy atom. The van der Waals surface area contributed by atoms with Gasteiger partial charge in [-0.1, -0.05) is 6.92 Å². The first-order valence-corrected chi connectivity index (χ1v) is 6.42. The van der Waals surface area contributed by atoms with Gasteiger partial charge in [0.15, 0.2) is 0 Å². The van der Waals surface area contributed by atoms with E-state index in [9.17, 15) is 0 Å². The van der Waals surface area contributed by atoms with Crippen LogP contribution in [0.1, 0.15) is 26.2 Å². The molecule has 0 aromatic heterocycles. The summed E-state index contributed by atoms with van der Waals surface area (Å²) in [5.74, 6) is 0.831. The molecule has 3 heteroatoms. The van der Waals surface area contributed by atoms with Gasteiger partial charge < -0.3 is 10.1 Å². The van der Waals surface area contributed by atoms with Gasteiger partial charge in [0, 0.05) is 38.9 Å². The summed E-state index contributed by atoms with van der Waals surface area (Å²) in [7, 11) is 0. The molecule has 2 heterocycles. The van der Waals surface area contributed by atoms with Crippen molar-refractivity contribution in [1.29, 1.82) is 0 Å². The lowest BCUT2D eigenvalue weighted by atomic mass is 10.0. The van der Waals surface area contributed by atoms with Crippen LogP contribution in [-0.2, 0) is 4.74 Å². The molecule has 2 atom stereocenters. The standard InChI is InChI=1S/C12H24N2O/c1-2-12-9-13-5-7-14(12)6-3-11-4-8-15-10-11/h11-13H,2-10H2,1H3. The van der Waals surface area contributed by atoms with Crippen LogP contribution in [0.5, 0.6) is 0 Å². The summed E-state index contributed by atoms with van der Waals surface area (Å²) in [5.41, 5.74) is 0. The first-order chi connectivity index (χ1) is 7.40. The van der Waals surface area contributed by atoms with Crippen molar-refractivity contribution in [3.05, 3.63) is 0 Å². The summed E-state index contributed by atoms with van der Waals surface area (Å²) >= 11 is 0. The van der Waals surface area contributed by atoms with Gasteiger partial charge in [0.05, 0.1) is 0 Å². The second-order valence-electron chi connectivity index (χ2n) is 4.82. The van der Waals surface area contributed by atoms with Crippen LogP contribution in [0.4, 0.5) is 0 Å². The summed E-state index contributed by atoms with van der Waals surface area (Å²) in [6.45, 7) is 9.13. The molecular formula is C12H24N2O. The van der Waals surface area contributed by atoms with E-state index in [2.05, 4.69) is 17.1 Å². The number of nitrogens with zero attached hydrogens (tertiary/aromatic N) is 1. The predicted octanol–water partition coefficient (Wildman–Crippen LogP) is 1.10. The number of nitrogens with one attached hydrogen (secondary N) is 1. The van der Waals surface area contributed by atoms with E-state index in [4.69, 9.17) is 4.74 Å². The fourth-order valence-electron chi connectivity index (χ4n) is 2.66. The topological polar surface area (TPSA) is 24.5 Å². The van der Waals surface area contributed by atoms with E-state index < -0.39 is 0 Å². The first-order valence-electron chi connectivity index (χ1n) is 6.42. The average molecular weight is 212 g/mol. The largest absolute Gasteiger partial charge is 0.381 e. The van der Waals surface area contributed by atoms with E-state index in [0.29, 0.717) is 0 Å². The molecule has 0 radical (unpaired) electrons. The highest BCUT2D eigenvalue weighted by molar-refractivity contribution is 4.79. The van der Waals surface area contributed by atoms with Crippen LogP contribution in [-0.4, -0.2) is 50.3 Å². The minimum Gasteiger partial charge on any atom is -0.381 e. The van der Waals surface area contributed by atoms with Crippen molar-refractivity contribution >= 4 is 0 Å². The van der Waals surface area contributed by atoms with Crippen LogP contribution >= 0.6 is 0 Å². The molecule has 2 unspecified atom stereocenters. The molecular weight excluding hydrogens is 188 g/mol. The number of rotatable bonds is 4. The molecule has 0 bridgehead atoms. The molecule has 2 fully saturated rings. The minimum absolute atomic E-state index is 0.765. The fourth-order valence-corrected chi connectivity index (χ4v) is 2.66. The van der Waals surface area contributed by atoms with Gasteiger partial charge in [0.1, 0.15) is 0 Å². The lowest BCUT2D eigenvalue weighted by molar-refractivity contribution is 0.140. The highest BCUT2D eigenvalue weighted by Gasteiger charge is 2.22. The van der Waals surface area contributed by atoms with Crippen LogP contribution in [0.25, 0.3) is 0 Å². The fraction of sp³-hybridized carbons (Fsp3) is 1.00. The van der Waals surface area contributed by atoms with Crippen molar-refractivity contribution in [2.45, 2.75) is 32.2 Å². The highest BCUT2D eigenvalue weighted by atomic mass is 16.5. The Labute approximate surface area is 93.2 Å². The maximum absolute atomic E-state index is 5.42. The Bertz CT molecular complexity index is 180. The molecule has 2 rings (SSSR count). The molecule has 2 aliphatic heterocycles. The lowest BCUT2D eigenvalue weighted by Gasteiger charge is -2.36. The summed E-state index contributed by atoms with van der Waals surface area (Å²) in [5, 5.41) is 3.48. The van der Waals surface area contributed by atoms with Crippen LogP contribution in [0, 0.1) is 5.92 Å². The molecule has 0 aromatic carbocycles. The van der Waals surface area contributed by atoms with Gasteiger partial charge in [0.25, 0.3) is 0 Å². The summed E-state index contributed by atoms with van der Waals surface area (Å²) in [6, 6.07) is 0.765. The molecule has 88 valence electrons. The quantitative estimate of drug-likeness (QED) is 0.755. The molecule has 0 aliphatic carbocycles. The number of hydrogen-bond donors (Lipinski definition) is 1. The lowest BCUT2D eigenvalue weighted by Crippen LogP contribution is -2.51. The third kappa shape index (κ3) is 3.16. The van der Waals surface area contributed by atoms with Crippen molar-refractivity contribution in [2.24, 2.45) is 5.92 Å². The molecule has 15 heavy (non-hydrogen) atoms. The van der Waals surface area contributed by atoms with Crippen molar-refractivity contribution in [3.8, 4) is 0 Å². The molecule has 3 nitrogen and oxygen atoms in total. The van der Waals surface area contributed by atoms with E-state index in [1.54, 1.807) is 0 Å². The van der Waals surface area contributed by atoms with Crippen LogP contribution < -0.4 is 5.32 Å². The van der Waals surface area contributed by atoms with Crippen LogP contribution in [0.15, 0.2) is 0 Å². The zero-order valence-corrected chi connectivity index (χ0v) is 9.87. The third-order valence-electron chi connectivity index (χ3n) is 3.79. The Hall–Kier alpha value is -0.120. The highest BCUT2D eigenvalue weighted by Crippen LogP contribution is 2.18. The van der Waals surface area contributed by atoms with Crippen molar-refractivity contribution < 1.29 is 4.74 Å². The van der Waals surface area contributed by atoms with E-state index in [1.165, 1.54) is 38.9 Å². The average Bonchev–Trinajstić information content (AvgIpc) is 2.79. The van der Waals surface area contributed by atoms with E-state index in [1.807, 2.05) is 0 Å². The summed E-state index contributed by atoms with van der Waals surface area (Å²) in [4.78, 5) is 2.66. The molecule has 2 saturated heterocycles. The van der Waals surface area contributed by atoms with Gasteiger partial charge in [-0.2, -0.15) is 0 Å². The van der Waals surface area contributed by atoms with Gasteiger partial charge in [-0.3, -0.25) is 4.90 Å². The van der Waals surface area contributed by atoms with Gasteiger partial charge in [-0.15, -0.1) is 0 Å². The molecule has 0 amide bonds. The molecule has 0 aromatic rings. The summed E-state index contributed by atoms with van der Waals surface area (Å²) < 4.78 is 5.42.